The monoisotopic (exact) mass is 611 g/mol. The topological polar surface area (TPSA) is 60.9 Å². The third-order valence-electron chi connectivity index (χ3n) is 8.25. The lowest BCUT2D eigenvalue weighted by Crippen LogP contribution is -2.54. The molecule has 3 amide bonds. The number of hydrogen-bond donors (Lipinski definition) is 0. The Kier molecular flexibility index (Phi) is 9.22. The van der Waals surface area contributed by atoms with Gasteiger partial charge in [-0.25, -0.2) is 0 Å². The van der Waals surface area contributed by atoms with Gasteiger partial charge in [0, 0.05) is 61.3 Å². The number of nitrogens with zero attached hydrogens (tertiary/aromatic N) is 3. The van der Waals surface area contributed by atoms with Crippen LogP contribution in [0, 0.1) is 5.92 Å². The maximum Gasteiger partial charge on any atom is 0.253 e. The molecule has 0 spiro atoms. The molecule has 3 aromatic rings. The van der Waals surface area contributed by atoms with Crippen LogP contribution in [0.15, 0.2) is 72.8 Å². The molecule has 3 aromatic carbocycles. The predicted octanol–water partition coefficient (Wildman–Crippen LogP) is 6.66. The zero-order valence-electron chi connectivity index (χ0n) is 22.8. The van der Waals surface area contributed by atoms with E-state index in [-0.39, 0.29) is 35.6 Å². The molecule has 0 radical (unpaired) electrons. The highest BCUT2D eigenvalue weighted by molar-refractivity contribution is 6.42. The lowest BCUT2D eigenvalue weighted by atomic mass is 9.84. The molecule has 2 heterocycles. The Hall–Kier alpha value is -3.06. The minimum atomic E-state index is -0.268. The minimum absolute atomic E-state index is 0.0437. The van der Waals surface area contributed by atoms with Gasteiger partial charge in [0.05, 0.1) is 16.0 Å². The van der Waals surface area contributed by atoms with E-state index in [0.29, 0.717) is 58.8 Å². The third-order valence-corrected chi connectivity index (χ3v) is 9.24. The molecule has 2 aliphatic rings. The van der Waals surface area contributed by atoms with Gasteiger partial charge in [-0.05, 0) is 73.4 Å². The van der Waals surface area contributed by atoms with Crippen molar-refractivity contribution in [1.82, 2.24) is 14.7 Å². The van der Waals surface area contributed by atoms with Crippen LogP contribution >= 0.6 is 34.8 Å². The summed E-state index contributed by atoms with van der Waals surface area (Å²) in [4.78, 5) is 45.9. The van der Waals surface area contributed by atoms with Crippen molar-refractivity contribution in [3.63, 3.8) is 0 Å². The van der Waals surface area contributed by atoms with Gasteiger partial charge >= 0.3 is 0 Å². The van der Waals surface area contributed by atoms with E-state index in [0.717, 1.165) is 18.4 Å². The zero-order chi connectivity index (χ0) is 29.1. The molecule has 0 bridgehead atoms. The fraction of sp³-hybridized carbons (Fsp3) is 0.344. The van der Waals surface area contributed by atoms with Gasteiger partial charge in [-0.1, -0.05) is 59.1 Å². The predicted molar refractivity (Wildman–Crippen MR) is 163 cm³/mol. The highest BCUT2D eigenvalue weighted by Gasteiger charge is 2.39. The number of halogens is 3. The molecule has 214 valence electrons. The number of likely N-dealkylation sites (tertiary alicyclic amines) is 2. The van der Waals surface area contributed by atoms with Crippen LogP contribution < -0.4 is 0 Å². The van der Waals surface area contributed by atoms with Crippen LogP contribution in [0.4, 0.5) is 0 Å². The first-order valence-corrected chi connectivity index (χ1v) is 15.0. The van der Waals surface area contributed by atoms with Gasteiger partial charge in [0.25, 0.3) is 11.8 Å². The molecule has 0 aromatic heterocycles. The molecule has 41 heavy (non-hydrogen) atoms. The molecule has 6 nitrogen and oxygen atoms in total. The fourth-order valence-corrected chi connectivity index (χ4v) is 6.44. The minimum Gasteiger partial charge on any atom is -0.342 e. The van der Waals surface area contributed by atoms with Crippen molar-refractivity contribution in [2.75, 3.05) is 33.2 Å². The highest BCUT2D eigenvalue weighted by atomic mass is 35.5. The highest BCUT2D eigenvalue weighted by Crippen LogP contribution is 2.35. The van der Waals surface area contributed by atoms with Crippen LogP contribution in [-0.2, 0) is 4.79 Å². The van der Waals surface area contributed by atoms with E-state index in [1.165, 1.54) is 0 Å². The van der Waals surface area contributed by atoms with Gasteiger partial charge in [-0.2, -0.15) is 0 Å². The number of rotatable bonds is 5. The maximum absolute atomic E-state index is 13.9. The summed E-state index contributed by atoms with van der Waals surface area (Å²) in [7, 11) is 1.80. The van der Waals surface area contributed by atoms with Crippen LogP contribution in [0.1, 0.15) is 51.5 Å². The van der Waals surface area contributed by atoms with E-state index in [1.807, 2.05) is 47.4 Å². The van der Waals surface area contributed by atoms with Crippen LogP contribution in [0.25, 0.3) is 0 Å². The molecule has 9 heteroatoms. The molecular formula is C32H32Cl3N3O3. The van der Waals surface area contributed by atoms with E-state index in [9.17, 15) is 14.4 Å². The third kappa shape index (κ3) is 6.56. The summed E-state index contributed by atoms with van der Waals surface area (Å²) in [6, 6.07) is 21.4. The maximum atomic E-state index is 13.9. The number of amides is 3. The van der Waals surface area contributed by atoms with Gasteiger partial charge in [-0.15, -0.1) is 0 Å². The van der Waals surface area contributed by atoms with Crippen molar-refractivity contribution < 1.29 is 14.4 Å². The first kappa shape index (κ1) is 29.4. The number of piperidine rings is 2. The largest absolute Gasteiger partial charge is 0.342 e. The Balaban J connectivity index is 1.35. The summed E-state index contributed by atoms with van der Waals surface area (Å²) in [5, 5.41) is 1.45. The van der Waals surface area contributed by atoms with Crippen LogP contribution in [0.3, 0.4) is 0 Å². The van der Waals surface area contributed by atoms with Crippen LogP contribution in [0.5, 0.6) is 0 Å². The van der Waals surface area contributed by atoms with E-state index in [1.54, 1.807) is 47.2 Å². The van der Waals surface area contributed by atoms with E-state index in [2.05, 4.69) is 0 Å². The number of carbonyl (C=O) groups is 3. The molecular weight excluding hydrogens is 581 g/mol. The first-order valence-electron chi connectivity index (χ1n) is 13.8. The average Bonchev–Trinajstić information content (AvgIpc) is 3.01. The summed E-state index contributed by atoms with van der Waals surface area (Å²) in [6.07, 6.45) is 2.12. The Morgan fingerprint density at radius 1 is 0.780 bits per heavy atom. The molecule has 2 fully saturated rings. The lowest BCUT2D eigenvalue weighted by molar-refractivity contribution is -0.138. The summed E-state index contributed by atoms with van der Waals surface area (Å²) >= 11 is 18.7. The second-order valence-corrected chi connectivity index (χ2v) is 12.1. The van der Waals surface area contributed by atoms with E-state index < -0.39 is 0 Å². The Morgan fingerprint density at radius 3 is 2.22 bits per heavy atom. The van der Waals surface area contributed by atoms with Crippen LogP contribution in [0.2, 0.25) is 15.1 Å². The zero-order valence-corrected chi connectivity index (χ0v) is 25.1. The molecule has 1 unspecified atom stereocenters. The van der Waals surface area contributed by atoms with Crippen molar-refractivity contribution in [3.05, 3.63) is 105 Å². The van der Waals surface area contributed by atoms with Gasteiger partial charge in [-0.3, -0.25) is 14.4 Å². The summed E-state index contributed by atoms with van der Waals surface area (Å²) < 4.78 is 0. The van der Waals surface area contributed by atoms with Crippen molar-refractivity contribution in [2.24, 2.45) is 5.92 Å². The normalized spacial score (nSPS) is 20.9. The Morgan fingerprint density at radius 2 is 1.51 bits per heavy atom. The molecule has 2 saturated heterocycles. The van der Waals surface area contributed by atoms with E-state index >= 15 is 0 Å². The lowest BCUT2D eigenvalue weighted by Gasteiger charge is -2.44. The summed E-state index contributed by atoms with van der Waals surface area (Å²) in [6.45, 7) is 1.99. The van der Waals surface area contributed by atoms with Crippen molar-refractivity contribution in [1.29, 1.82) is 0 Å². The smallest absolute Gasteiger partial charge is 0.253 e. The van der Waals surface area contributed by atoms with Crippen molar-refractivity contribution in [3.8, 4) is 0 Å². The quantitative estimate of drug-likeness (QED) is 0.324. The Labute approximate surface area is 255 Å². The molecule has 3 atom stereocenters. The number of likely N-dealkylation sites (N-methyl/N-ethyl adjacent to an activating group) is 1. The Bertz CT molecular complexity index is 1420. The van der Waals surface area contributed by atoms with Gasteiger partial charge in [0.1, 0.15) is 0 Å². The molecule has 0 saturated carbocycles. The first-order chi connectivity index (χ1) is 19.7. The van der Waals surface area contributed by atoms with Gasteiger partial charge < -0.3 is 14.7 Å². The van der Waals surface area contributed by atoms with Gasteiger partial charge in [0.15, 0.2) is 0 Å². The van der Waals surface area contributed by atoms with E-state index in [4.69, 9.17) is 34.8 Å². The summed E-state index contributed by atoms with van der Waals surface area (Å²) in [5.41, 5.74) is 2.10. The SMILES string of the molecule is CN(C(=O)c1ccc(Cl)cc1)[C@@H]1CCN(C(=O)C2CCCN(C(=O)c3ccccc3)C2)C[C@H]1c1ccc(Cl)c(Cl)c1. The standard InChI is InChI=1S/C32H32Cl3N3O3/c1-36(30(39)22-9-12-25(33)13-10-22)29-15-17-38(20-26(29)23-11-14-27(34)28(35)18-23)32(41)24-8-5-16-37(19-24)31(40)21-6-3-2-4-7-21/h2-4,6-7,9-14,18,24,26,29H,5,8,15-17,19-20H2,1H3/t24?,26-,29+/m0/s1. The van der Waals surface area contributed by atoms with Crippen LogP contribution in [-0.4, -0.2) is 71.7 Å². The number of hydrogen-bond acceptors (Lipinski definition) is 3. The second-order valence-electron chi connectivity index (χ2n) is 10.8. The number of carbonyl (C=O) groups excluding carboxylic acids is 3. The van der Waals surface area contributed by atoms with Crippen molar-refractivity contribution in [2.45, 2.75) is 31.2 Å². The average molecular weight is 613 g/mol. The molecule has 5 rings (SSSR count). The molecule has 2 aliphatic heterocycles. The van der Waals surface area contributed by atoms with Crippen molar-refractivity contribution >= 4 is 52.5 Å². The summed E-state index contributed by atoms with van der Waals surface area (Å²) in [5.74, 6) is -0.548. The van der Waals surface area contributed by atoms with Gasteiger partial charge in [0.2, 0.25) is 5.91 Å². The molecule has 0 N–H and O–H groups in total. The second kappa shape index (κ2) is 12.8. The molecule has 0 aliphatic carbocycles. The fourth-order valence-electron chi connectivity index (χ4n) is 6.01. The number of benzene rings is 3.